The van der Waals surface area contributed by atoms with Crippen LogP contribution < -0.4 is 15.4 Å². The highest BCUT2D eigenvalue weighted by Gasteiger charge is 2.32. The van der Waals surface area contributed by atoms with E-state index in [1.54, 1.807) is 24.5 Å². The summed E-state index contributed by atoms with van der Waals surface area (Å²) in [6, 6.07) is 10.3. The Labute approximate surface area is 162 Å². The van der Waals surface area contributed by atoms with Crippen LogP contribution in [0.2, 0.25) is 0 Å². The molecule has 0 amide bonds. The number of pyridine rings is 1. The zero-order chi connectivity index (χ0) is 20.9. The fraction of sp³-hybridized carbons (Fsp3) is 0.111. The SMILES string of the molecule is O=C(O)CNc1nc(Nc2ccccc2OC(F)(F)F)cc(-c2ccncc2)n1. The zero-order valence-corrected chi connectivity index (χ0v) is 14.6. The maximum absolute atomic E-state index is 12.6. The molecule has 0 saturated carbocycles. The Kier molecular flexibility index (Phi) is 5.77. The minimum Gasteiger partial charge on any atom is -0.480 e. The van der Waals surface area contributed by atoms with Crippen LogP contribution in [-0.4, -0.2) is 38.9 Å². The number of rotatable bonds is 7. The first-order valence-corrected chi connectivity index (χ1v) is 8.17. The number of hydrogen-bond acceptors (Lipinski definition) is 7. The standard InChI is InChI=1S/C18H14F3N5O3/c19-18(20,21)29-14-4-2-1-3-12(14)24-15-9-13(11-5-7-22-8-6-11)25-17(26-15)23-10-16(27)28/h1-9H,10H2,(H,27,28)(H2,23,24,25,26). The van der Waals surface area contributed by atoms with E-state index in [4.69, 9.17) is 5.11 Å². The summed E-state index contributed by atoms with van der Waals surface area (Å²) in [5.74, 6) is -1.44. The molecule has 1 aromatic carbocycles. The van der Waals surface area contributed by atoms with E-state index in [1.165, 1.54) is 24.3 Å². The molecule has 11 heteroatoms. The van der Waals surface area contributed by atoms with Crippen molar-refractivity contribution < 1.29 is 27.8 Å². The van der Waals surface area contributed by atoms with Crippen molar-refractivity contribution in [3.05, 3.63) is 54.9 Å². The molecule has 0 bridgehead atoms. The van der Waals surface area contributed by atoms with Gasteiger partial charge in [-0.1, -0.05) is 12.1 Å². The molecular weight excluding hydrogens is 391 g/mol. The summed E-state index contributed by atoms with van der Waals surface area (Å²) < 4.78 is 41.9. The van der Waals surface area contributed by atoms with E-state index >= 15 is 0 Å². The van der Waals surface area contributed by atoms with E-state index in [-0.39, 0.29) is 17.5 Å². The van der Waals surface area contributed by atoms with Crippen LogP contribution in [0, 0.1) is 0 Å². The Morgan fingerprint density at radius 1 is 1.10 bits per heavy atom. The van der Waals surface area contributed by atoms with E-state index in [2.05, 4.69) is 30.3 Å². The molecule has 0 saturated heterocycles. The van der Waals surface area contributed by atoms with Gasteiger partial charge in [-0.05, 0) is 24.3 Å². The molecule has 0 aliphatic heterocycles. The fourth-order valence-corrected chi connectivity index (χ4v) is 2.34. The highest BCUT2D eigenvalue weighted by atomic mass is 19.4. The number of carboxylic acids is 1. The molecule has 0 aliphatic carbocycles. The number of carbonyl (C=O) groups is 1. The molecular formula is C18H14F3N5O3. The van der Waals surface area contributed by atoms with Gasteiger partial charge in [0.05, 0.1) is 11.4 Å². The number of hydrogen-bond donors (Lipinski definition) is 3. The maximum atomic E-state index is 12.6. The highest BCUT2D eigenvalue weighted by Crippen LogP contribution is 2.32. The number of ether oxygens (including phenoxy) is 1. The number of carboxylic acid groups (broad SMARTS) is 1. The van der Waals surface area contributed by atoms with Gasteiger partial charge in [0.25, 0.3) is 0 Å². The van der Waals surface area contributed by atoms with Crippen molar-refractivity contribution in [2.45, 2.75) is 6.36 Å². The molecule has 29 heavy (non-hydrogen) atoms. The zero-order valence-electron chi connectivity index (χ0n) is 14.6. The number of nitrogens with one attached hydrogen (secondary N) is 2. The van der Waals surface area contributed by atoms with Crippen LogP contribution in [0.5, 0.6) is 5.75 Å². The van der Waals surface area contributed by atoms with Gasteiger partial charge in [-0.25, -0.2) is 4.98 Å². The van der Waals surface area contributed by atoms with E-state index in [0.717, 1.165) is 6.07 Å². The Morgan fingerprint density at radius 2 is 1.83 bits per heavy atom. The molecule has 0 fully saturated rings. The predicted octanol–water partition coefficient (Wildman–Crippen LogP) is 3.68. The molecule has 0 radical (unpaired) electrons. The number of aromatic nitrogens is 3. The van der Waals surface area contributed by atoms with E-state index in [0.29, 0.717) is 11.3 Å². The van der Waals surface area contributed by atoms with Crippen LogP contribution in [0.4, 0.5) is 30.6 Å². The average molecular weight is 405 g/mol. The summed E-state index contributed by atoms with van der Waals surface area (Å²) in [6.07, 6.45) is -1.78. The number of para-hydroxylation sites is 2. The van der Waals surface area contributed by atoms with Gasteiger partial charge in [-0.15, -0.1) is 13.2 Å². The van der Waals surface area contributed by atoms with Gasteiger partial charge in [0.1, 0.15) is 12.4 Å². The molecule has 150 valence electrons. The number of benzene rings is 1. The van der Waals surface area contributed by atoms with Crippen molar-refractivity contribution in [2.24, 2.45) is 0 Å². The molecule has 0 spiro atoms. The summed E-state index contributed by atoms with van der Waals surface area (Å²) >= 11 is 0. The fourth-order valence-electron chi connectivity index (χ4n) is 2.34. The average Bonchev–Trinajstić information content (AvgIpc) is 2.67. The summed E-state index contributed by atoms with van der Waals surface area (Å²) in [5.41, 5.74) is 1.09. The van der Waals surface area contributed by atoms with E-state index in [9.17, 15) is 18.0 Å². The Morgan fingerprint density at radius 3 is 2.52 bits per heavy atom. The lowest BCUT2D eigenvalue weighted by Crippen LogP contribution is -2.18. The lowest BCUT2D eigenvalue weighted by Gasteiger charge is -2.15. The minimum absolute atomic E-state index is 0.0153. The summed E-state index contributed by atoms with van der Waals surface area (Å²) in [5, 5.41) is 14.1. The normalized spacial score (nSPS) is 11.0. The number of anilines is 3. The summed E-state index contributed by atoms with van der Waals surface area (Å²) in [6.45, 7) is -0.437. The molecule has 2 aromatic heterocycles. The van der Waals surface area contributed by atoms with Crippen LogP contribution >= 0.6 is 0 Å². The van der Waals surface area contributed by atoms with Crippen LogP contribution in [0.1, 0.15) is 0 Å². The van der Waals surface area contributed by atoms with Crippen molar-refractivity contribution >= 4 is 23.4 Å². The van der Waals surface area contributed by atoms with Gasteiger partial charge in [0.2, 0.25) is 5.95 Å². The maximum Gasteiger partial charge on any atom is 0.573 e. The highest BCUT2D eigenvalue weighted by molar-refractivity contribution is 5.73. The molecule has 0 atom stereocenters. The molecule has 0 aliphatic rings. The summed E-state index contributed by atoms with van der Waals surface area (Å²) in [4.78, 5) is 23.1. The first-order valence-electron chi connectivity index (χ1n) is 8.17. The molecule has 2 heterocycles. The Hall–Kier alpha value is -3.89. The molecule has 0 unspecified atom stereocenters. The third-order valence-corrected chi connectivity index (χ3v) is 3.48. The van der Waals surface area contributed by atoms with Crippen molar-refractivity contribution in [1.29, 1.82) is 0 Å². The Bertz CT molecular complexity index is 1000. The van der Waals surface area contributed by atoms with Crippen molar-refractivity contribution in [2.75, 3.05) is 17.2 Å². The molecule has 3 N–H and O–H groups in total. The predicted molar refractivity (Wildman–Crippen MR) is 97.8 cm³/mol. The topological polar surface area (TPSA) is 109 Å². The quantitative estimate of drug-likeness (QED) is 0.546. The molecule has 3 rings (SSSR count). The lowest BCUT2D eigenvalue weighted by atomic mass is 10.2. The van der Waals surface area contributed by atoms with Gasteiger partial charge < -0.3 is 20.5 Å². The number of nitrogens with zero attached hydrogens (tertiary/aromatic N) is 3. The van der Waals surface area contributed by atoms with Crippen molar-refractivity contribution in [3.63, 3.8) is 0 Å². The van der Waals surface area contributed by atoms with Gasteiger partial charge in [-0.3, -0.25) is 9.78 Å². The largest absolute Gasteiger partial charge is 0.573 e. The molecule has 8 nitrogen and oxygen atoms in total. The Balaban J connectivity index is 1.96. The summed E-state index contributed by atoms with van der Waals surface area (Å²) in [7, 11) is 0. The lowest BCUT2D eigenvalue weighted by molar-refractivity contribution is -0.274. The van der Waals surface area contributed by atoms with Crippen LogP contribution in [0.15, 0.2) is 54.9 Å². The van der Waals surface area contributed by atoms with Crippen molar-refractivity contribution in [3.8, 4) is 17.0 Å². The number of alkyl halides is 3. The smallest absolute Gasteiger partial charge is 0.480 e. The first kappa shape index (κ1) is 19.9. The van der Waals surface area contributed by atoms with Crippen molar-refractivity contribution in [1.82, 2.24) is 15.0 Å². The van der Waals surface area contributed by atoms with Crippen LogP contribution in [0.25, 0.3) is 11.3 Å². The molecule has 3 aromatic rings. The second-order valence-corrected chi connectivity index (χ2v) is 5.61. The van der Waals surface area contributed by atoms with Gasteiger partial charge in [0, 0.05) is 24.0 Å². The minimum atomic E-state index is -4.86. The second kappa shape index (κ2) is 8.42. The number of halogens is 3. The van der Waals surface area contributed by atoms with Crippen LogP contribution in [0.3, 0.4) is 0 Å². The monoisotopic (exact) mass is 405 g/mol. The van der Waals surface area contributed by atoms with Gasteiger partial charge in [0.15, 0.2) is 5.75 Å². The van der Waals surface area contributed by atoms with E-state index in [1.807, 2.05) is 0 Å². The third-order valence-electron chi connectivity index (χ3n) is 3.48. The van der Waals surface area contributed by atoms with Gasteiger partial charge >= 0.3 is 12.3 Å². The third kappa shape index (κ3) is 5.79. The van der Waals surface area contributed by atoms with Gasteiger partial charge in [-0.2, -0.15) is 4.98 Å². The number of aliphatic carboxylic acids is 1. The van der Waals surface area contributed by atoms with E-state index < -0.39 is 24.6 Å². The second-order valence-electron chi connectivity index (χ2n) is 5.61. The first-order chi connectivity index (χ1) is 13.8. The van der Waals surface area contributed by atoms with Crippen LogP contribution in [-0.2, 0) is 4.79 Å².